The molecule has 19 heteroatoms. The van der Waals surface area contributed by atoms with Crippen LogP contribution in [0.1, 0.15) is 35.9 Å². The predicted octanol–water partition coefficient (Wildman–Crippen LogP) is 4.62. The summed E-state index contributed by atoms with van der Waals surface area (Å²) >= 11 is 5.95. The predicted molar refractivity (Wildman–Crippen MR) is 208 cm³/mol. The van der Waals surface area contributed by atoms with Gasteiger partial charge < -0.3 is 40.2 Å². The average Bonchev–Trinajstić information content (AvgIpc) is 3.19. The van der Waals surface area contributed by atoms with Gasteiger partial charge in [0.05, 0.1) is 34.2 Å². The maximum absolute atomic E-state index is 13.8. The number of nitrogens with zero attached hydrogens (tertiary/aromatic N) is 6. The molecular formula is C37H47ClF3N9O6. The van der Waals surface area contributed by atoms with Gasteiger partial charge in [0.1, 0.15) is 38.6 Å². The highest BCUT2D eigenvalue weighted by Crippen LogP contribution is 2.35. The van der Waals surface area contributed by atoms with Gasteiger partial charge in [-0.3, -0.25) is 14.6 Å². The van der Waals surface area contributed by atoms with Crippen LogP contribution >= 0.6 is 11.6 Å². The van der Waals surface area contributed by atoms with Crippen LogP contribution in [-0.2, 0) is 33.5 Å². The third kappa shape index (κ3) is 13.2. The van der Waals surface area contributed by atoms with Crippen LogP contribution in [0.2, 0.25) is 5.02 Å². The molecule has 2 amide bonds. The number of nitrogens with one attached hydrogen (secondary N) is 3. The number of amides is 2. The number of carbonyl (C=O) groups excluding carboxylic acids is 3. The molecule has 0 saturated heterocycles. The highest BCUT2D eigenvalue weighted by Gasteiger charge is 2.32. The molecule has 0 saturated carbocycles. The van der Waals surface area contributed by atoms with E-state index in [-0.39, 0.29) is 35.1 Å². The van der Waals surface area contributed by atoms with E-state index in [9.17, 15) is 27.9 Å². The second-order valence-corrected chi connectivity index (χ2v) is 12.0. The number of benzene rings is 2. The van der Waals surface area contributed by atoms with Gasteiger partial charge in [0.25, 0.3) is 5.91 Å². The molecule has 1 aliphatic rings. The molecule has 0 unspecified atom stereocenters. The van der Waals surface area contributed by atoms with Crippen LogP contribution in [0.5, 0.6) is 17.2 Å². The van der Waals surface area contributed by atoms with Gasteiger partial charge in [-0.25, -0.2) is 15.0 Å². The van der Waals surface area contributed by atoms with E-state index in [0.29, 0.717) is 62.4 Å². The van der Waals surface area contributed by atoms with E-state index < -0.39 is 30.1 Å². The summed E-state index contributed by atoms with van der Waals surface area (Å²) in [5.41, 5.74) is 1.63. The molecule has 2 heterocycles. The number of rotatable bonds is 16. The Labute approximate surface area is 328 Å². The van der Waals surface area contributed by atoms with Gasteiger partial charge in [-0.05, 0) is 51.4 Å². The maximum atomic E-state index is 13.8. The third-order valence-corrected chi connectivity index (χ3v) is 8.30. The largest absolute Gasteiger partial charge is 0.504 e. The number of para-hydroxylation sites is 1. The summed E-state index contributed by atoms with van der Waals surface area (Å²) in [4.78, 5) is 48.3. The van der Waals surface area contributed by atoms with E-state index in [1.165, 1.54) is 6.33 Å². The number of likely N-dealkylation sites (N-methyl/N-ethyl adjacent to an activating group) is 1. The van der Waals surface area contributed by atoms with Gasteiger partial charge in [0, 0.05) is 51.1 Å². The number of fused-ring (bicyclic) bond motifs is 1. The molecule has 3 aromatic rings. The molecule has 0 radical (unpaired) electrons. The fourth-order valence-electron chi connectivity index (χ4n) is 5.25. The zero-order chi connectivity index (χ0) is 41.8. The topological polar surface area (TPSA) is 183 Å². The number of aryl methyl sites for hydroxylation is 1. The third-order valence-electron chi connectivity index (χ3n) is 7.99. The van der Waals surface area contributed by atoms with Crippen molar-refractivity contribution in [3.63, 3.8) is 0 Å². The van der Waals surface area contributed by atoms with Crippen LogP contribution in [-0.4, -0.2) is 111 Å². The van der Waals surface area contributed by atoms with Gasteiger partial charge in [-0.2, -0.15) is 18.3 Å². The Morgan fingerprint density at radius 1 is 1.07 bits per heavy atom. The van der Waals surface area contributed by atoms with E-state index in [1.54, 1.807) is 25.9 Å². The van der Waals surface area contributed by atoms with E-state index in [1.807, 2.05) is 31.9 Å². The first-order chi connectivity index (χ1) is 26.8. The first kappa shape index (κ1) is 46.4. The van der Waals surface area contributed by atoms with Crippen molar-refractivity contribution in [2.24, 2.45) is 10.1 Å². The molecule has 1 aliphatic heterocycles. The molecule has 15 nitrogen and oxygen atoms in total. The summed E-state index contributed by atoms with van der Waals surface area (Å²) in [6.07, 6.45) is -2.53. The SMILES string of the molecule is C=NCc1cccc2c1OCCO2.C=NN(CC(=O)Nc1ccc(C(F)(F)F)cc1Cl)C(=O)/C(=C(/CC)NC)N(CCNC)CCc1ncnc(C)c1O.C=O. The molecular weight excluding hydrogens is 759 g/mol. The van der Waals surface area contributed by atoms with Crippen molar-refractivity contribution in [2.75, 3.05) is 58.8 Å². The Morgan fingerprint density at radius 3 is 2.39 bits per heavy atom. The standard InChI is InChI=1S/C26H34ClF3N8O3.C10H11NO2.CH2O/c1-6-19(32-4)23(37(12-10-31-3)11-9-21-24(40)16(2)34-15-35-21)25(41)38(33-5)14-22(39)36-20-8-7-17(13-18(20)27)26(28,29)30;1-11-7-8-3-2-4-9-10(8)13-6-5-12-9;1-2/h7-8,13,15,31-32,40H,5-6,9-12,14H2,1-4H3,(H,36,39);2-4H,1,5-7H2;1H2/b23-19+;;. The number of hydrogen-bond donors (Lipinski definition) is 4. The highest BCUT2D eigenvalue weighted by molar-refractivity contribution is 6.33. The lowest BCUT2D eigenvalue weighted by Crippen LogP contribution is -2.43. The van der Waals surface area contributed by atoms with E-state index in [2.05, 4.69) is 49.4 Å². The summed E-state index contributed by atoms with van der Waals surface area (Å²) in [6.45, 7) is 14.8. The average molecular weight is 806 g/mol. The first-order valence-electron chi connectivity index (χ1n) is 17.1. The molecule has 304 valence electrons. The van der Waals surface area contributed by atoms with Crippen LogP contribution in [0.4, 0.5) is 18.9 Å². The second kappa shape index (κ2) is 23.2. The van der Waals surface area contributed by atoms with Crippen molar-refractivity contribution in [3.8, 4) is 17.2 Å². The van der Waals surface area contributed by atoms with Crippen molar-refractivity contribution in [2.45, 2.75) is 39.4 Å². The number of aromatic nitrogens is 2. The zero-order valence-electron chi connectivity index (χ0n) is 31.7. The number of allylic oxidation sites excluding steroid dienone is 1. The number of halogens is 4. The summed E-state index contributed by atoms with van der Waals surface area (Å²) in [5.74, 6) is 0.209. The lowest BCUT2D eigenvalue weighted by Gasteiger charge is -2.31. The number of aromatic hydroxyl groups is 1. The number of carbonyl (C=O) groups is 3. The molecule has 56 heavy (non-hydrogen) atoms. The fraction of sp³-hybridized carbons (Fsp3) is 0.378. The number of ether oxygens (including phenoxy) is 2. The lowest BCUT2D eigenvalue weighted by atomic mass is 10.1. The van der Waals surface area contributed by atoms with Gasteiger partial charge in [0.15, 0.2) is 17.2 Å². The second-order valence-electron chi connectivity index (χ2n) is 11.6. The van der Waals surface area contributed by atoms with Gasteiger partial charge in [0.2, 0.25) is 5.91 Å². The Kier molecular flexibility index (Phi) is 19.3. The Morgan fingerprint density at radius 2 is 1.79 bits per heavy atom. The fourth-order valence-corrected chi connectivity index (χ4v) is 5.47. The van der Waals surface area contributed by atoms with Crippen LogP contribution in [0.25, 0.3) is 0 Å². The first-order valence-corrected chi connectivity index (χ1v) is 17.5. The summed E-state index contributed by atoms with van der Waals surface area (Å²) in [6, 6.07) is 8.33. The molecule has 0 fully saturated rings. The summed E-state index contributed by atoms with van der Waals surface area (Å²) in [5, 5.41) is 23.1. The van der Waals surface area contributed by atoms with Crippen LogP contribution < -0.4 is 25.4 Å². The Hall–Kier alpha value is -5.75. The monoisotopic (exact) mass is 805 g/mol. The van der Waals surface area contributed by atoms with Crippen molar-refractivity contribution in [3.05, 3.63) is 81.7 Å². The molecule has 4 rings (SSSR count). The molecule has 2 aromatic carbocycles. The lowest BCUT2D eigenvalue weighted by molar-refractivity contribution is -0.137. The molecule has 0 spiro atoms. The van der Waals surface area contributed by atoms with Crippen LogP contribution in [0.15, 0.2) is 64.2 Å². The van der Waals surface area contributed by atoms with Crippen molar-refractivity contribution in [1.82, 2.24) is 30.5 Å². The van der Waals surface area contributed by atoms with Crippen LogP contribution in [0.3, 0.4) is 0 Å². The number of alkyl halides is 3. The minimum atomic E-state index is -4.60. The summed E-state index contributed by atoms with van der Waals surface area (Å²) in [7, 11) is 3.42. The van der Waals surface area contributed by atoms with Gasteiger partial charge >= 0.3 is 6.18 Å². The van der Waals surface area contributed by atoms with E-state index in [4.69, 9.17) is 25.9 Å². The van der Waals surface area contributed by atoms with Crippen molar-refractivity contribution >= 4 is 49.3 Å². The smallest absolute Gasteiger partial charge is 0.416 e. The Bertz CT molecular complexity index is 1820. The van der Waals surface area contributed by atoms with Gasteiger partial charge in [-0.1, -0.05) is 30.7 Å². The molecule has 0 aliphatic carbocycles. The number of aliphatic imine (C=N–C) groups is 1. The quantitative estimate of drug-likeness (QED) is 0.0901. The minimum absolute atomic E-state index is 0.0322. The van der Waals surface area contributed by atoms with E-state index in [0.717, 1.165) is 34.2 Å². The molecule has 1 aromatic heterocycles. The summed E-state index contributed by atoms with van der Waals surface area (Å²) < 4.78 is 49.8. The molecule has 0 bridgehead atoms. The maximum Gasteiger partial charge on any atom is 0.416 e. The number of hydrogen-bond acceptors (Lipinski definition) is 13. The Balaban J connectivity index is 0.000000597. The highest BCUT2D eigenvalue weighted by atomic mass is 35.5. The molecule has 4 N–H and O–H groups in total. The van der Waals surface area contributed by atoms with E-state index >= 15 is 0 Å². The van der Waals surface area contributed by atoms with Gasteiger partial charge in [-0.15, -0.1) is 0 Å². The number of anilines is 1. The zero-order valence-corrected chi connectivity index (χ0v) is 32.5. The minimum Gasteiger partial charge on any atom is -0.504 e. The van der Waals surface area contributed by atoms with Crippen LogP contribution in [0, 0.1) is 6.92 Å². The number of hydrazone groups is 1. The van der Waals surface area contributed by atoms with Crippen molar-refractivity contribution in [1.29, 1.82) is 0 Å². The molecule has 0 atom stereocenters. The normalized spacial score (nSPS) is 12.0. The van der Waals surface area contributed by atoms with Crippen molar-refractivity contribution < 1.29 is 42.1 Å².